The lowest BCUT2D eigenvalue weighted by atomic mass is 9.91. The van der Waals surface area contributed by atoms with Crippen LogP contribution >= 0.6 is 0 Å². The molecule has 2 rings (SSSR count). The number of aryl methyl sites for hydroxylation is 1. The maximum atomic E-state index is 10.0. The van der Waals surface area contributed by atoms with Gasteiger partial charge in [-0.05, 0) is 37.5 Å². The van der Waals surface area contributed by atoms with Gasteiger partial charge in [0.25, 0.3) is 0 Å². The molecule has 88 valence electrons. The highest BCUT2D eigenvalue weighted by molar-refractivity contribution is 5.41. The highest BCUT2D eigenvalue weighted by Crippen LogP contribution is 2.25. The van der Waals surface area contributed by atoms with Gasteiger partial charge in [0.1, 0.15) is 5.82 Å². The molecule has 0 bridgehead atoms. The number of nitrogens with zero attached hydrogens (tertiary/aromatic N) is 2. The number of hydrogen-bond acceptors (Lipinski definition) is 3. The zero-order chi connectivity index (χ0) is 11.5. The number of aliphatic hydroxyl groups excluding tert-OH is 1. The Labute approximate surface area is 97.1 Å². The molecule has 1 fully saturated rings. The lowest BCUT2D eigenvalue weighted by molar-refractivity contribution is 0.106. The van der Waals surface area contributed by atoms with Crippen molar-refractivity contribution in [2.24, 2.45) is 0 Å². The summed E-state index contributed by atoms with van der Waals surface area (Å²) in [5, 5.41) is 10.0. The second-order valence-electron chi connectivity index (χ2n) is 4.72. The van der Waals surface area contributed by atoms with E-state index in [4.69, 9.17) is 0 Å². The van der Waals surface area contributed by atoms with E-state index in [1.54, 1.807) is 0 Å². The number of aromatic nitrogens is 1. The van der Waals surface area contributed by atoms with E-state index in [9.17, 15) is 5.11 Å². The third kappa shape index (κ3) is 2.35. The van der Waals surface area contributed by atoms with Crippen molar-refractivity contribution >= 4 is 5.82 Å². The lowest BCUT2D eigenvalue weighted by Gasteiger charge is -2.36. The van der Waals surface area contributed by atoms with Crippen LogP contribution in [-0.4, -0.2) is 29.3 Å². The van der Waals surface area contributed by atoms with Gasteiger partial charge in [-0.15, -0.1) is 0 Å². The van der Waals surface area contributed by atoms with Crippen molar-refractivity contribution < 1.29 is 5.11 Å². The van der Waals surface area contributed by atoms with E-state index in [0.29, 0.717) is 0 Å². The quantitative estimate of drug-likeness (QED) is 0.829. The minimum absolute atomic E-state index is 0.207. The normalized spacial score (nSPS) is 25.4. The molecule has 3 heteroatoms. The summed E-state index contributed by atoms with van der Waals surface area (Å²) in [6.45, 7) is 2.07. The van der Waals surface area contributed by atoms with E-state index < -0.39 is 0 Å². The Kier molecular flexibility index (Phi) is 3.44. The Bertz CT molecular complexity index is 354. The summed E-state index contributed by atoms with van der Waals surface area (Å²) in [6, 6.07) is 4.29. The average Bonchev–Trinajstić information content (AvgIpc) is 2.29. The van der Waals surface area contributed by atoms with E-state index in [2.05, 4.69) is 22.9 Å². The van der Waals surface area contributed by atoms with E-state index in [-0.39, 0.29) is 12.1 Å². The molecule has 1 aromatic heterocycles. The third-order valence-corrected chi connectivity index (χ3v) is 3.45. The fourth-order valence-corrected chi connectivity index (χ4v) is 2.43. The predicted octanol–water partition coefficient (Wildman–Crippen LogP) is 2.13. The molecule has 1 N–H and O–H groups in total. The molecule has 1 aromatic rings. The highest BCUT2D eigenvalue weighted by Gasteiger charge is 2.27. The molecule has 1 aliphatic carbocycles. The molecular formula is C13H20N2O. The molecule has 0 spiro atoms. The second kappa shape index (κ2) is 4.83. The van der Waals surface area contributed by atoms with Crippen molar-refractivity contribution in [3.8, 4) is 0 Å². The summed E-state index contributed by atoms with van der Waals surface area (Å²) in [5.41, 5.74) is 1.21. The van der Waals surface area contributed by atoms with Crippen LogP contribution < -0.4 is 4.90 Å². The Morgan fingerprint density at radius 1 is 1.38 bits per heavy atom. The second-order valence-corrected chi connectivity index (χ2v) is 4.72. The lowest BCUT2D eigenvalue weighted by Crippen LogP contribution is -2.43. The van der Waals surface area contributed by atoms with Crippen LogP contribution in [0, 0.1) is 6.92 Å². The molecular weight excluding hydrogens is 200 g/mol. The summed E-state index contributed by atoms with van der Waals surface area (Å²) in [5.74, 6) is 0.964. The largest absolute Gasteiger partial charge is 0.391 e. The van der Waals surface area contributed by atoms with Gasteiger partial charge in [-0.3, -0.25) is 0 Å². The van der Waals surface area contributed by atoms with Crippen LogP contribution in [0.5, 0.6) is 0 Å². The van der Waals surface area contributed by atoms with Gasteiger partial charge in [0.05, 0.1) is 12.1 Å². The van der Waals surface area contributed by atoms with Gasteiger partial charge in [0.2, 0.25) is 0 Å². The molecule has 3 nitrogen and oxygen atoms in total. The Morgan fingerprint density at radius 3 is 2.81 bits per heavy atom. The average molecular weight is 220 g/mol. The number of pyridine rings is 1. The first-order valence-electron chi connectivity index (χ1n) is 6.02. The number of anilines is 1. The molecule has 2 atom stereocenters. The highest BCUT2D eigenvalue weighted by atomic mass is 16.3. The molecule has 0 amide bonds. The maximum Gasteiger partial charge on any atom is 0.128 e. The first-order valence-corrected chi connectivity index (χ1v) is 6.02. The molecule has 1 aliphatic rings. The summed E-state index contributed by atoms with van der Waals surface area (Å²) in [4.78, 5) is 6.49. The van der Waals surface area contributed by atoms with Gasteiger partial charge >= 0.3 is 0 Å². The van der Waals surface area contributed by atoms with Crippen molar-refractivity contribution in [3.63, 3.8) is 0 Å². The topological polar surface area (TPSA) is 36.4 Å². The molecule has 2 unspecified atom stereocenters. The van der Waals surface area contributed by atoms with Crippen molar-refractivity contribution in [2.75, 3.05) is 11.9 Å². The summed E-state index contributed by atoms with van der Waals surface area (Å²) < 4.78 is 0. The van der Waals surface area contributed by atoms with Crippen molar-refractivity contribution in [3.05, 3.63) is 23.9 Å². The Morgan fingerprint density at radius 2 is 2.12 bits per heavy atom. The van der Waals surface area contributed by atoms with Crippen LogP contribution in [0.25, 0.3) is 0 Å². The van der Waals surface area contributed by atoms with Gasteiger partial charge in [-0.1, -0.05) is 12.8 Å². The van der Waals surface area contributed by atoms with E-state index in [0.717, 1.165) is 25.1 Å². The van der Waals surface area contributed by atoms with E-state index in [1.807, 2.05) is 19.3 Å². The van der Waals surface area contributed by atoms with Crippen LogP contribution in [0.15, 0.2) is 18.3 Å². The minimum Gasteiger partial charge on any atom is -0.391 e. The van der Waals surface area contributed by atoms with Crippen molar-refractivity contribution in [2.45, 2.75) is 44.8 Å². The molecule has 16 heavy (non-hydrogen) atoms. The number of aliphatic hydroxyl groups is 1. The Balaban J connectivity index is 2.14. The van der Waals surface area contributed by atoms with Crippen LogP contribution in [0.2, 0.25) is 0 Å². The standard InChI is InChI=1S/C13H20N2O/c1-10-7-8-14-13(9-10)15(2)11-5-3-4-6-12(11)16/h7-9,11-12,16H,3-6H2,1-2H3. The van der Waals surface area contributed by atoms with Gasteiger partial charge < -0.3 is 10.0 Å². The van der Waals surface area contributed by atoms with Crippen LogP contribution in [0.3, 0.4) is 0 Å². The summed E-state index contributed by atoms with van der Waals surface area (Å²) in [7, 11) is 2.03. The van der Waals surface area contributed by atoms with Gasteiger partial charge in [0.15, 0.2) is 0 Å². The number of likely N-dealkylation sites (N-methyl/N-ethyl adjacent to an activating group) is 1. The fourth-order valence-electron chi connectivity index (χ4n) is 2.43. The summed E-state index contributed by atoms with van der Waals surface area (Å²) in [6.07, 6.45) is 5.95. The fraction of sp³-hybridized carbons (Fsp3) is 0.615. The van der Waals surface area contributed by atoms with Crippen LogP contribution in [0.4, 0.5) is 5.82 Å². The van der Waals surface area contributed by atoms with Crippen LogP contribution in [-0.2, 0) is 0 Å². The zero-order valence-corrected chi connectivity index (χ0v) is 10.1. The molecule has 0 radical (unpaired) electrons. The molecule has 0 aromatic carbocycles. The summed E-state index contributed by atoms with van der Waals surface area (Å²) >= 11 is 0. The molecule has 1 saturated carbocycles. The SMILES string of the molecule is Cc1ccnc(N(C)C2CCCCC2O)c1. The molecule has 0 aliphatic heterocycles. The first kappa shape index (κ1) is 11.4. The third-order valence-electron chi connectivity index (χ3n) is 3.45. The molecule has 1 heterocycles. The number of rotatable bonds is 2. The molecule has 0 saturated heterocycles. The van der Waals surface area contributed by atoms with Gasteiger partial charge in [-0.25, -0.2) is 4.98 Å². The van der Waals surface area contributed by atoms with E-state index in [1.165, 1.54) is 12.0 Å². The predicted molar refractivity (Wildman–Crippen MR) is 65.6 cm³/mol. The van der Waals surface area contributed by atoms with Crippen molar-refractivity contribution in [1.29, 1.82) is 0 Å². The van der Waals surface area contributed by atoms with Gasteiger partial charge in [0, 0.05) is 13.2 Å². The van der Waals surface area contributed by atoms with Gasteiger partial charge in [-0.2, -0.15) is 0 Å². The Hall–Kier alpha value is -1.09. The minimum atomic E-state index is -0.207. The smallest absolute Gasteiger partial charge is 0.128 e. The van der Waals surface area contributed by atoms with Crippen LogP contribution in [0.1, 0.15) is 31.2 Å². The van der Waals surface area contributed by atoms with E-state index >= 15 is 0 Å². The number of hydrogen-bond donors (Lipinski definition) is 1. The van der Waals surface area contributed by atoms with Crippen molar-refractivity contribution in [1.82, 2.24) is 4.98 Å². The zero-order valence-electron chi connectivity index (χ0n) is 10.1. The first-order chi connectivity index (χ1) is 7.68. The monoisotopic (exact) mass is 220 g/mol. The maximum absolute atomic E-state index is 10.0.